The molecule has 1 unspecified atom stereocenters. The van der Waals surface area contributed by atoms with Gasteiger partial charge in [0.2, 0.25) is 0 Å². The Hall–Kier alpha value is -2.93. The molecule has 1 N–H and O–H groups in total. The third kappa shape index (κ3) is 4.48. The Labute approximate surface area is 196 Å². The van der Waals surface area contributed by atoms with Gasteiger partial charge in [-0.1, -0.05) is 24.3 Å². The second kappa shape index (κ2) is 9.28. The van der Waals surface area contributed by atoms with Gasteiger partial charge in [-0.05, 0) is 63.7 Å². The van der Waals surface area contributed by atoms with Crippen LogP contribution in [-0.4, -0.2) is 54.4 Å². The number of fused-ring (bicyclic) bond motifs is 1. The summed E-state index contributed by atoms with van der Waals surface area (Å²) >= 11 is 3.44. The fourth-order valence-corrected chi connectivity index (χ4v) is 4.92. The Morgan fingerprint density at radius 1 is 1.22 bits per heavy atom. The Bertz CT molecular complexity index is 1100. The number of rotatable bonds is 4. The van der Waals surface area contributed by atoms with Crippen molar-refractivity contribution in [3.8, 4) is 0 Å². The standard InChI is InChI=1S/C25H26BrN5O/c26-22-11-20(12-27-13-22)25(32)31-9-8-30(16-23-14-28-17-29-23)24-7-6-19(10-21(24)15-31)18-4-2-1-3-5-18/h1-2,4,6-7,10-13,17,23H,3,5,8-9,14-16H2,(H,28,29). The first-order valence-corrected chi connectivity index (χ1v) is 11.8. The van der Waals surface area contributed by atoms with Gasteiger partial charge in [0.1, 0.15) is 0 Å². The molecule has 1 aromatic heterocycles. The van der Waals surface area contributed by atoms with Gasteiger partial charge < -0.3 is 15.1 Å². The number of anilines is 1. The molecule has 0 spiro atoms. The van der Waals surface area contributed by atoms with Gasteiger partial charge in [0.05, 0.1) is 24.5 Å². The maximum absolute atomic E-state index is 13.3. The van der Waals surface area contributed by atoms with Crippen LogP contribution in [-0.2, 0) is 6.54 Å². The van der Waals surface area contributed by atoms with Crippen molar-refractivity contribution in [1.82, 2.24) is 15.2 Å². The molecule has 7 heteroatoms. The second-order valence-electron chi connectivity index (χ2n) is 8.42. The monoisotopic (exact) mass is 491 g/mol. The predicted octanol–water partition coefficient (Wildman–Crippen LogP) is 4.04. The molecule has 0 radical (unpaired) electrons. The summed E-state index contributed by atoms with van der Waals surface area (Å²) in [6.45, 7) is 3.67. The van der Waals surface area contributed by atoms with E-state index in [4.69, 9.17) is 0 Å². The average Bonchev–Trinajstić information content (AvgIpc) is 3.27. The first-order valence-electron chi connectivity index (χ1n) is 11.1. The summed E-state index contributed by atoms with van der Waals surface area (Å²) in [7, 11) is 0. The summed E-state index contributed by atoms with van der Waals surface area (Å²) in [6.07, 6.45) is 13.8. The largest absolute Gasteiger partial charge is 0.370 e. The maximum atomic E-state index is 13.3. The van der Waals surface area contributed by atoms with Gasteiger partial charge in [-0.25, -0.2) is 0 Å². The van der Waals surface area contributed by atoms with Crippen LogP contribution in [0.5, 0.6) is 0 Å². The van der Waals surface area contributed by atoms with E-state index >= 15 is 0 Å². The molecule has 3 aliphatic rings. The Balaban J connectivity index is 1.47. The molecule has 0 saturated heterocycles. The van der Waals surface area contributed by atoms with Gasteiger partial charge in [0.15, 0.2) is 0 Å². The lowest BCUT2D eigenvalue weighted by Gasteiger charge is -2.28. The molecule has 0 bridgehead atoms. The number of hydrogen-bond acceptors (Lipinski definition) is 5. The number of benzene rings is 1. The van der Waals surface area contributed by atoms with E-state index in [0.717, 1.165) is 36.9 Å². The quantitative estimate of drug-likeness (QED) is 0.700. The minimum atomic E-state index is 0.0131. The Morgan fingerprint density at radius 3 is 2.94 bits per heavy atom. The van der Waals surface area contributed by atoms with Crippen molar-refractivity contribution >= 4 is 39.4 Å². The van der Waals surface area contributed by atoms with Gasteiger partial charge >= 0.3 is 0 Å². The van der Waals surface area contributed by atoms with E-state index in [1.807, 2.05) is 11.0 Å². The summed E-state index contributed by atoms with van der Waals surface area (Å²) in [5.74, 6) is 0.0131. The lowest BCUT2D eigenvalue weighted by molar-refractivity contribution is 0.0751. The molecule has 5 rings (SSSR count). The van der Waals surface area contributed by atoms with Crippen LogP contribution in [0.1, 0.15) is 34.3 Å². The summed E-state index contributed by atoms with van der Waals surface area (Å²) in [6, 6.07) is 8.87. The number of aromatic nitrogens is 1. The van der Waals surface area contributed by atoms with Crippen LogP contribution >= 0.6 is 15.9 Å². The van der Waals surface area contributed by atoms with Crippen molar-refractivity contribution in [1.29, 1.82) is 0 Å². The van der Waals surface area contributed by atoms with Crippen LogP contribution in [0.25, 0.3) is 5.57 Å². The van der Waals surface area contributed by atoms with Crippen LogP contribution in [0.4, 0.5) is 5.69 Å². The number of nitrogens with one attached hydrogen (secondary N) is 1. The molecule has 0 saturated carbocycles. The zero-order valence-electron chi connectivity index (χ0n) is 17.9. The molecule has 1 amide bonds. The highest BCUT2D eigenvalue weighted by Gasteiger charge is 2.26. The fraction of sp³-hybridized carbons (Fsp3) is 0.320. The van der Waals surface area contributed by atoms with Gasteiger partial charge in [0, 0.05) is 48.7 Å². The normalized spacial score (nSPS) is 19.9. The molecule has 1 aliphatic carbocycles. The summed E-state index contributed by atoms with van der Waals surface area (Å²) in [5.41, 5.74) is 5.60. The van der Waals surface area contributed by atoms with E-state index in [2.05, 4.69) is 72.6 Å². The highest BCUT2D eigenvalue weighted by atomic mass is 79.9. The van der Waals surface area contributed by atoms with E-state index in [9.17, 15) is 4.79 Å². The maximum Gasteiger partial charge on any atom is 0.255 e. The Morgan fingerprint density at radius 2 is 2.16 bits per heavy atom. The molecule has 3 heterocycles. The highest BCUT2D eigenvalue weighted by Crippen LogP contribution is 2.32. The molecule has 2 aliphatic heterocycles. The van der Waals surface area contributed by atoms with Crippen molar-refractivity contribution in [2.24, 2.45) is 4.99 Å². The van der Waals surface area contributed by atoms with E-state index in [1.54, 1.807) is 18.7 Å². The third-order valence-corrected chi connectivity index (χ3v) is 6.65. The first kappa shape index (κ1) is 20.9. The molecule has 1 aromatic carbocycles. The number of carbonyl (C=O) groups excluding carboxylic acids is 1. The molecular formula is C25H26BrN5O. The van der Waals surface area contributed by atoms with E-state index < -0.39 is 0 Å². The van der Waals surface area contributed by atoms with Gasteiger partial charge in [-0.15, -0.1) is 0 Å². The molecular weight excluding hydrogens is 466 g/mol. The van der Waals surface area contributed by atoms with Crippen molar-refractivity contribution < 1.29 is 4.79 Å². The van der Waals surface area contributed by atoms with Crippen LogP contribution < -0.4 is 10.2 Å². The van der Waals surface area contributed by atoms with E-state index in [1.165, 1.54) is 22.4 Å². The van der Waals surface area contributed by atoms with Gasteiger partial charge in [-0.3, -0.25) is 14.8 Å². The summed E-state index contributed by atoms with van der Waals surface area (Å²) in [5, 5.41) is 3.34. The number of amides is 1. The first-order chi connectivity index (χ1) is 15.7. The van der Waals surface area contributed by atoms with Crippen LogP contribution in [0.3, 0.4) is 0 Å². The topological polar surface area (TPSA) is 60.8 Å². The van der Waals surface area contributed by atoms with E-state index in [0.29, 0.717) is 24.7 Å². The molecule has 0 fully saturated rings. The zero-order valence-corrected chi connectivity index (χ0v) is 19.5. The SMILES string of the molecule is O=C(c1cncc(Br)c1)N1CCN(CC2CN=CN2)c2ccc(C3=CC=CCC3)cc2C1. The number of aliphatic imine (C=N–C) groups is 1. The second-order valence-corrected chi connectivity index (χ2v) is 9.34. The molecule has 164 valence electrons. The van der Waals surface area contributed by atoms with Crippen LogP contribution in [0.2, 0.25) is 0 Å². The number of nitrogens with zero attached hydrogens (tertiary/aromatic N) is 4. The lowest BCUT2D eigenvalue weighted by atomic mass is 9.95. The van der Waals surface area contributed by atoms with Crippen LogP contribution in [0.15, 0.2) is 64.4 Å². The minimum Gasteiger partial charge on any atom is -0.370 e. The highest BCUT2D eigenvalue weighted by molar-refractivity contribution is 9.10. The number of carbonyl (C=O) groups is 1. The van der Waals surface area contributed by atoms with Crippen molar-refractivity contribution in [2.45, 2.75) is 25.4 Å². The number of pyridine rings is 1. The lowest BCUT2D eigenvalue weighted by Crippen LogP contribution is -2.42. The van der Waals surface area contributed by atoms with Gasteiger partial charge in [0.25, 0.3) is 5.91 Å². The van der Waals surface area contributed by atoms with Crippen LogP contribution in [0, 0.1) is 0 Å². The average molecular weight is 492 g/mol. The molecule has 32 heavy (non-hydrogen) atoms. The van der Waals surface area contributed by atoms with Crippen molar-refractivity contribution in [3.63, 3.8) is 0 Å². The molecule has 2 aromatic rings. The minimum absolute atomic E-state index is 0.0131. The Kier molecular flexibility index (Phi) is 6.08. The predicted molar refractivity (Wildman–Crippen MR) is 132 cm³/mol. The van der Waals surface area contributed by atoms with Crippen molar-refractivity contribution in [2.75, 3.05) is 31.1 Å². The number of halogens is 1. The summed E-state index contributed by atoms with van der Waals surface area (Å²) < 4.78 is 0.812. The molecule has 1 atom stereocenters. The molecule has 6 nitrogen and oxygen atoms in total. The van der Waals surface area contributed by atoms with Crippen molar-refractivity contribution in [3.05, 3.63) is 76.1 Å². The summed E-state index contributed by atoms with van der Waals surface area (Å²) in [4.78, 5) is 26.2. The van der Waals surface area contributed by atoms with Gasteiger partial charge in [-0.2, -0.15) is 0 Å². The fourth-order valence-electron chi connectivity index (χ4n) is 4.55. The van der Waals surface area contributed by atoms with E-state index in [-0.39, 0.29) is 5.91 Å². The smallest absolute Gasteiger partial charge is 0.255 e. The zero-order chi connectivity index (χ0) is 21.9. The number of hydrogen-bond donors (Lipinski definition) is 1. The number of allylic oxidation sites excluding steroid dienone is 4. The third-order valence-electron chi connectivity index (χ3n) is 6.21.